The Kier molecular flexibility index (Phi) is 6.66. The molecule has 3 aromatic carbocycles. The molecule has 1 saturated heterocycles. The fraction of sp³-hybridized carbons (Fsp3) is 0.308. The zero-order valence-corrected chi connectivity index (χ0v) is 18.8. The SMILES string of the molecule is C[C@H](c1cccc2ccccc12)N(C(=O)Cl)C1CCCN(C(=O)O)C1Cc1ccccc1. The number of likely N-dealkylation sites (tertiary alicyclic amines) is 1. The fourth-order valence-electron chi connectivity index (χ4n) is 5.03. The van der Waals surface area contributed by atoms with Crippen LogP contribution in [0.25, 0.3) is 10.8 Å². The first kappa shape index (κ1) is 22.2. The van der Waals surface area contributed by atoms with E-state index in [-0.39, 0.29) is 18.1 Å². The standard InChI is InChI=1S/C26H27ClN2O3/c1-18(21-14-7-12-20-11-5-6-13-22(20)21)29(25(27)30)23-15-8-16-28(26(31)32)24(23)17-19-9-3-2-4-10-19/h2-7,9-14,18,23-24H,8,15-17H2,1H3,(H,31,32)/t18-,23?,24?/m1/s1. The van der Waals surface area contributed by atoms with Gasteiger partial charge in [0.2, 0.25) is 0 Å². The van der Waals surface area contributed by atoms with E-state index in [0.717, 1.165) is 21.9 Å². The summed E-state index contributed by atoms with van der Waals surface area (Å²) in [5.41, 5.74) is 2.04. The first-order valence-electron chi connectivity index (χ1n) is 11.0. The van der Waals surface area contributed by atoms with Crippen LogP contribution in [0.3, 0.4) is 0 Å². The fourth-order valence-corrected chi connectivity index (χ4v) is 5.31. The van der Waals surface area contributed by atoms with Gasteiger partial charge in [0.1, 0.15) is 0 Å². The van der Waals surface area contributed by atoms with E-state index in [4.69, 9.17) is 11.6 Å². The van der Waals surface area contributed by atoms with Gasteiger partial charge in [-0.15, -0.1) is 0 Å². The van der Waals surface area contributed by atoms with E-state index < -0.39 is 11.5 Å². The van der Waals surface area contributed by atoms with Crippen molar-refractivity contribution in [3.63, 3.8) is 0 Å². The summed E-state index contributed by atoms with van der Waals surface area (Å²) >= 11 is 6.19. The van der Waals surface area contributed by atoms with Gasteiger partial charge in [-0.3, -0.25) is 4.79 Å². The van der Waals surface area contributed by atoms with Crippen molar-refractivity contribution in [3.8, 4) is 0 Å². The highest BCUT2D eigenvalue weighted by Crippen LogP contribution is 2.35. The van der Waals surface area contributed by atoms with E-state index in [2.05, 4.69) is 0 Å². The van der Waals surface area contributed by atoms with Gasteiger partial charge in [0.15, 0.2) is 0 Å². The predicted octanol–water partition coefficient (Wildman–Crippen LogP) is 6.32. The number of fused-ring (bicyclic) bond motifs is 1. The molecule has 3 atom stereocenters. The third-order valence-electron chi connectivity index (χ3n) is 6.53. The Balaban J connectivity index is 1.74. The van der Waals surface area contributed by atoms with Crippen molar-refractivity contribution in [3.05, 3.63) is 83.9 Å². The van der Waals surface area contributed by atoms with Crippen LogP contribution in [-0.2, 0) is 6.42 Å². The highest BCUT2D eigenvalue weighted by atomic mass is 35.5. The average Bonchev–Trinajstić information content (AvgIpc) is 2.80. The van der Waals surface area contributed by atoms with Crippen LogP contribution in [-0.4, -0.2) is 45.0 Å². The number of benzene rings is 3. The zero-order valence-electron chi connectivity index (χ0n) is 18.0. The minimum atomic E-state index is -0.963. The maximum absolute atomic E-state index is 12.8. The van der Waals surface area contributed by atoms with Gasteiger partial charge in [-0.2, -0.15) is 0 Å². The predicted molar refractivity (Wildman–Crippen MR) is 127 cm³/mol. The summed E-state index contributed by atoms with van der Waals surface area (Å²) in [7, 11) is 0. The van der Waals surface area contributed by atoms with Crippen molar-refractivity contribution in [2.75, 3.05) is 6.54 Å². The van der Waals surface area contributed by atoms with E-state index in [1.807, 2.05) is 79.7 Å². The Bertz CT molecular complexity index is 1100. The molecule has 0 aromatic heterocycles. The minimum Gasteiger partial charge on any atom is -0.465 e. The molecule has 0 radical (unpaired) electrons. The molecule has 1 aliphatic heterocycles. The number of amides is 2. The smallest absolute Gasteiger partial charge is 0.407 e. The van der Waals surface area contributed by atoms with Gasteiger partial charge in [0.25, 0.3) is 0 Å². The van der Waals surface area contributed by atoms with Crippen molar-refractivity contribution in [1.82, 2.24) is 9.80 Å². The van der Waals surface area contributed by atoms with Crippen LogP contribution < -0.4 is 0 Å². The monoisotopic (exact) mass is 450 g/mol. The zero-order chi connectivity index (χ0) is 22.7. The number of carbonyl (C=O) groups excluding carboxylic acids is 1. The molecule has 1 aliphatic rings. The van der Waals surface area contributed by atoms with Crippen LogP contribution in [0, 0.1) is 0 Å². The van der Waals surface area contributed by atoms with E-state index in [9.17, 15) is 14.7 Å². The molecule has 1 N–H and O–H groups in total. The molecule has 5 nitrogen and oxygen atoms in total. The molecule has 0 saturated carbocycles. The van der Waals surface area contributed by atoms with Gasteiger partial charge in [0.05, 0.1) is 18.1 Å². The van der Waals surface area contributed by atoms with Gasteiger partial charge in [0, 0.05) is 6.54 Å². The molecule has 0 spiro atoms. The number of piperidine rings is 1. The Morgan fingerprint density at radius 1 is 1.06 bits per heavy atom. The van der Waals surface area contributed by atoms with Crippen LogP contribution in [0.2, 0.25) is 0 Å². The Morgan fingerprint density at radius 3 is 2.47 bits per heavy atom. The number of rotatable bonds is 5. The highest BCUT2D eigenvalue weighted by molar-refractivity contribution is 6.62. The van der Waals surface area contributed by atoms with Crippen molar-refractivity contribution in [1.29, 1.82) is 0 Å². The van der Waals surface area contributed by atoms with Gasteiger partial charge < -0.3 is 14.9 Å². The molecular formula is C26H27ClN2O3. The molecule has 32 heavy (non-hydrogen) atoms. The normalized spacial score (nSPS) is 19.5. The molecule has 2 unspecified atom stereocenters. The second kappa shape index (κ2) is 9.61. The second-order valence-electron chi connectivity index (χ2n) is 8.35. The summed E-state index contributed by atoms with van der Waals surface area (Å²) in [6, 6.07) is 22.9. The van der Waals surface area contributed by atoms with Crippen LogP contribution in [0.15, 0.2) is 72.8 Å². The Labute approximate surface area is 193 Å². The van der Waals surface area contributed by atoms with E-state index >= 15 is 0 Å². The lowest BCUT2D eigenvalue weighted by Crippen LogP contribution is -2.58. The third-order valence-corrected chi connectivity index (χ3v) is 6.72. The summed E-state index contributed by atoms with van der Waals surface area (Å²) in [5, 5.41) is 11.5. The van der Waals surface area contributed by atoms with Gasteiger partial charge in [-0.1, -0.05) is 72.8 Å². The topological polar surface area (TPSA) is 60.9 Å². The molecule has 4 rings (SSSR count). The molecule has 0 bridgehead atoms. The number of nitrogens with zero attached hydrogens (tertiary/aromatic N) is 2. The third kappa shape index (κ3) is 4.44. The van der Waals surface area contributed by atoms with Crippen LogP contribution in [0.1, 0.15) is 36.9 Å². The lowest BCUT2D eigenvalue weighted by Gasteiger charge is -2.46. The van der Waals surface area contributed by atoms with E-state index in [0.29, 0.717) is 25.8 Å². The number of hydrogen-bond donors (Lipinski definition) is 1. The van der Waals surface area contributed by atoms with Crippen molar-refractivity contribution in [2.24, 2.45) is 0 Å². The largest absolute Gasteiger partial charge is 0.465 e. The van der Waals surface area contributed by atoms with Crippen LogP contribution in [0.4, 0.5) is 9.59 Å². The highest BCUT2D eigenvalue weighted by Gasteiger charge is 2.41. The molecule has 3 aromatic rings. The lowest BCUT2D eigenvalue weighted by molar-refractivity contribution is 0.0464. The van der Waals surface area contributed by atoms with E-state index in [1.165, 1.54) is 4.90 Å². The molecule has 1 heterocycles. The summed E-state index contributed by atoms with van der Waals surface area (Å²) in [4.78, 5) is 28.1. The van der Waals surface area contributed by atoms with Gasteiger partial charge in [-0.25, -0.2) is 4.79 Å². The Hall–Kier alpha value is -3.05. The number of carboxylic acid groups (broad SMARTS) is 1. The maximum atomic E-state index is 12.8. The summed E-state index contributed by atoms with van der Waals surface area (Å²) < 4.78 is 0. The molecule has 6 heteroatoms. The quantitative estimate of drug-likeness (QED) is 0.365. The molecule has 2 amide bonds. The first-order valence-corrected chi connectivity index (χ1v) is 11.3. The van der Waals surface area contributed by atoms with Crippen molar-refractivity contribution in [2.45, 2.75) is 44.3 Å². The maximum Gasteiger partial charge on any atom is 0.407 e. The Morgan fingerprint density at radius 2 is 1.75 bits per heavy atom. The number of carbonyl (C=O) groups is 2. The molecule has 1 fully saturated rings. The van der Waals surface area contributed by atoms with Crippen molar-refractivity contribution >= 4 is 33.8 Å². The van der Waals surface area contributed by atoms with Crippen LogP contribution in [0.5, 0.6) is 0 Å². The average molecular weight is 451 g/mol. The molecule has 0 aliphatic carbocycles. The van der Waals surface area contributed by atoms with Gasteiger partial charge >= 0.3 is 11.5 Å². The minimum absolute atomic E-state index is 0.303. The van der Waals surface area contributed by atoms with E-state index in [1.54, 1.807) is 4.90 Å². The number of hydrogen-bond acceptors (Lipinski definition) is 2. The summed E-state index contributed by atoms with van der Waals surface area (Å²) in [5.74, 6) is 0. The summed E-state index contributed by atoms with van der Waals surface area (Å²) in [6.45, 7) is 2.43. The second-order valence-corrected chi connectivity index (χ2v) is 8.67. The van der Waals surface area contributed by atoms with Crippen molar-refractivity contribution < 1.29 is 14.7 Å². The number of halogens is 1. The summed E-state index contributed by atoms with van der Waals surface area (Å²) in [6.07, 6.45) is 0.955. The molecule has 166 valence electrons. The first-order chi connectivity index (χ1) is 15.5. The molecular weight excluding hydrogens is 424 g/mol. The van der Waals surface area contributed by atoms with Crippen LogP contribution >= 0.6 is 11.6 Å². The van der Waals surface area contributed by atoms with Gasteiger partial charge in [-0.05, 0) is 59.7 Å². The lowest BCUT2D eigenvalue weighted by atomic mass is 9.88.